The van der Waals surface area contributed by atoms with Crippen LogP contribution in [0.25, 0.3) is 0 Å². The van der Waals surface area contributed by atoms with E-state index < -0.39 is 11.2 Å². The zero-order valence-electron chi connectivity index (χ0n) is 13.4. The second-order valence-electron chi connectivity index (χ2n) is 5.62. The number of carbonyl (C=O) groups is 1. The third-order valence-corrected chi connectivity index (χ3v) is 4.03. The number of amides is 1. The minimum Gasteiger partial charge on any atom is -0.353 e. The molecule has 9 heteroatoms. The summed E-state index contributed by atoms with van der Waals surface area (Å²) in [5.74, 6) is 0.524. The van der Waals surface area contributed by atoms with Crippen molar-refractivity contribution in [2.24, 2.45) is 0 Å². The Bertz CT molecular complexity index is 934. The van der Waals surface area contributed by atoms with Crippen LogP contribution >= 0.6 is 0 Å². The van der Waals surface area contributed by atoms with Crippen LogP contribution in [0, 0.1) is 11.3 Å². The Morgan fingerprint density at radius 1 is 1.24 bits per heavy atom. The van der Waals surface area contributed by atoms with Crippen LogP contribution in [-0.4, -0.2) is 51.5 Å². The normalized spacial score (nSPS) is 14.2. The molecule has 128 valence electrons. The van der Waals surface area contributed by atoms with Crippen molar-refractivity contribution in [1.82, 2.24) is 19.4 Å². The van der Waals surface area contributed by atoms with Gasteiger partial charge in [0.25, 0.3) is 5.56 Å². The van der Waals surface area contributed by atoms with Crippen LogP contribution in [0.3, 0.4) is 0 Å². The number of nitrogens with zero attached hydrogens (tertiary/aromatic N) is 5. The van der Waals surface area contributed by atoms with E-state index >= 15 is 0 Å². The van der Waals surface area contributed by atoms with E-state index in [1.807, 2.05) is 4.90 Å². The number of carbonyl (C=O) groups excluding carboxylic acids is 1. The molecule has 1 N–H and O–H groups in total. The number of nitrogens with one attached hydrogen (secondary N) is 1. The largest absolute Gasteiger partial charge is 0.353 e. The van der Waals surface area contributed by atoms with Gasteiger partial charge in [-0.25, -0.2) is 9.78 Å². The van der Waals surface area contributed by atoms with Gasteiger partial charge in [0.05, 0.1) is 11.6 Å². The van der Waals surface area contributed by atoms with Gasteiger partial charge in [0.15, 0.2) is 0 Å². The Kier molecular flexibility index (Phi) is 4.61. The fourth-order valence-corrected chi connectivity index (χ4v) is 2.66. The molecule has 1 fully saturated rings. The van der Waals surface area contributed by atoms with E-state index in [1.165, 1.54) is 16.8 Å². The number of aromatic amines is 1. The summed E-state index contributed by atoms with van der Waals surface area (Å²) in [6, 6.07) is 6.65. The molecular weight excluding hydrogens is 324 g/mol. The molecule has 9 nitrogen and oxygen atoms in total. The Morgan fingerprint density at radius 2 is 2.00 bits per heavy atom. The van der Waals surface area contributed by atoms with Gasteiger partial charge in [-0.2, -0.15) is 5.26 Å². The lowest BCUT2D eigenvalue weighted by Gasteiger charge is -2.35. The second-order valence-corrected chi connectivity index (χ2v) is 5.62. The number of H-pyrrole nitrogens is 1. The summed E-state index contributed by atoms with van der Waals surface area (Å²) < 4.78 is 1.17. The van der Waals surface area contributed by atoms with Gasteiger partial charge in [-0.1, -0.05) is 0 Å². The van der Waals surface area contributed by atoms with Crippen molar-refractivity contribution < 1.29 is 4.79 Å². The van der Waals surface area contributed by atoms with Crippen LogP contribution in [-0.2, 0) is 11.3 Å². The Labute approximate surface area is 142 Å². The molecule has 3 heterocycles. The molecule has 2 aromatic rings. The average molecular weight is 340 g/mol. The lowest BCUT2D eigenvalue weighted by Crippen LogP contribution is -2.50. The minimum atomic E-state index is -0.600. The van der Waals surface area contributed by atoms with E-state index in [1.54, 1.807) is 23.2 Å². The first-order chi connectivity index (χ1) is 12.1. The van der Waals surface area contributed by atoms with E-state index in [4.69, 9.17) is 5.26 Å². The summed E-state index contributed by atoms with van der Waals surface area (Å²) in [5, 5.41) is 8.96. The Morgan fingerprint density at radius 3 is 2.68 bits per heavy atom. The van der Waals surface area contributed by atoms with Crippen LogP contribution in [0.2, 0.25) is 0 Å². The van der Waals surface area contributed by atoms with Crippen LogP contribution in [0.15, 0.2) is 40.2 Å². The molecule has 1 saturated heterocycles. The zero-order chi connectivity index (χ0) is 17.8. The third-order valence-electron chi connectivity index (χ3n) is 4.03. The summed E-state index contributed by atoms with van der Waals surface area (Å²) in [4.78, 5) is 45.1. The highest BCUT2D eigenvalue weighted by Crippen LogP contribution is 2.15. The Balaban J connectivity index is 1.61. The van der Waals surface area contributed by atoms with Crippen LogP contribution in [0.1, 0.15) is 5.56 Å². The number of rotatable bonds is 3. The van der Waals surface area contributed by atoms with Crippen molar-refractivity contribution in [2.75, 3.05) is 31.1 Å². The topological polar surface area (TPSA) is 115 Å². The molecule has 2 aromatic heterocycles. The molecule has 0 bridgehead atoms. The molecule has 1 amide bonds. The SMILES string of the molecule is N#Cc1ccnc(N2CCN(C(=O)Cn3ccc(=O)[nH]c3=O)CC2)c1. The molecule has 3 rings (SSSR count). The highest BCUT2D eigenvalue weighted by molar-refractivity contribution is 5.76. The fraction of sp³-hybridized carbons (Fsp3) is 0.312. The first-order valence-corrected chi connectivity index (χ1v) is 7.75. The second kappa shape index (κ2) is 7.00. The molecule has 1 aliphatic heterocycles. The van der Waals surface area contributed by atoms with Gasteiger partial charge in [0.2, 0.25) is 5.91 Å². The monoisotopic (exact) mass is 340 g/mol. The Hall–Kier alpha value is -3.41. The third kappa shape index (κ3) is 3.74. The number of hydrogen-bond donors (Lipinski definition) is 1. The molecule has 25 heavy (non-hydrogen) atoms. The number of hydrogen-bond acceptors (Lipinski definition) is 6. The van der Waals surface area contributed by atoms with Crippen molar-refractivity contribution >= 4 is 11.7 Å². The summed E-state index contributed by atoms with van der Waals surface area (Å²) in [6.07, 6.45) is 2.90. The van der Waals surface area contributed by atoms with Crippen LogP contribution < -0.4 is 16.1 Å². The molecular formula is C16H16N6O3. The molecule has 0 spiro atoms. The maximum atomic E-state index is 12.3. The lowest BCUT2D eigenvalue weighted by molar-refractivity contribution is -0.132. The molecule has 0 aliphatic carbocycles. The number of aromatic nitrogens is 3. The summed E-state index contributed by atoms with van der Waals surface area (Å²) >= 11 is 0. The summed E-state index contributed by atoms with van der Waals surface area (Å²) in [7, 11) is 0. The lowest BCUT2D eigenvalue weighted by atomic mass is 10.2. The van der Waals surface area contributed by atoms with Gasteiger partial charge >= 0.3 is 5.69 Å². The van der Waals surface area contributed by atoms with E-state index in [2.05, 4.69) is 16.0 Å². The molecule has 0 radical (unpaired) electrons. The number of nitriles is 1. The van der Waals surface area contributed by atoms with Crippen molar-refractivity contribution in [3.05, 3.63) is 57.0 Å². The minimum absolute atomic E-state index is 0.113. The first kappa shape index (κ1) is 16.4. The van der Waals surface area contributed by atoms with Gasteiger partial charge in [-0.15, -0.1) is 0 Å². The average Bonchev–Trinajstić information content (AvgIpc) is 2.64. The maximum absolute atomic E-state index is 12.3. The van der Waals surface area contributed by atoms with Gasteiger partial charge in [0, 0.05) is 44.6 Å². The fourth-order valence-electron chi connectivity index (χ4n) is 2.66. The highest BCUT2D eigenvalue weighted by atomic mass is 16.2. The van der Waals surface area contributed by atoms with Crippen LogP contribution in [0.5, 0.6) is 0 Å². The standard InChI is InChI=1S/C16H16N6O3/c17-10-12-1-3-18-13(9-12)20-5-7-21(8-6-20)15(24)11-22-4-2-14(23)19-16(22)25/h1-4,9H,5-8,11H2,(H,19,23,25). The van der Waals surface area contributed by atoms with Gasteiger partial charge in [0.1, 0.15) is 12.4 Å². The zero-order valence-corrected chi connectivity index (χ0v) is 13.4. The summed E-state index contributed by atoms with van der Waals surface area (Å²) in [6.45, 7) is 2.06. The number of piperazine rings is 1. The van der Waals surface area contributed by atoms with Crippen molar-refractivity contribution in [3.8, 4) is 6.07 Å². The smallest absolute Gasteiger partial charge is 0.328 e. The van der Waals surface area contributed by atoms with E-state index in [0.717, 1.165) is 0 Å². The van der Waals surface area contributed by atoms with E-state index in [-0.39, 0.29) is 12.5 Å². The quantitative estimate of drug-likeness (QED) is 0.778. The van der Waals surface area contributed by atoms with Gasteiger partial charge in [-0.3, -0.25) is 19.1 Å². The van der Waals surface area contributed by atoms with Crippen molar-refractivity contribution in [1.29, 1.82) is 5.26 Å². The van der Waals surface area contributed by atoms with E-state index in [0.29, 0.717) is 37.6 Å². The van der Waals surface area contributed by atoms with E-state index in [9.17, 15) is 14.4 Å². The predicted octanol–water partition coefficient (Wildman–Crippen LogP) is -0.848. The molecule has 0 saturated carbocycles. The van der Waals surface area contributed by atoms with Gasteiger partial charge in [-0.05, 0) is 12.1 Å². The molecule has 0 aromatic carbocycles. The molecule has 1 aliphatic rings. The number of pyridine rings is 1. The van der Waals surface area contributed by atoms with Crippen LogP contribution in [0.4, 0.5) is 5.82 Å². The maximum Gasteiger partial charge on any atom is 0.328 e. The molecule has 0 unspecified atom stereocenters. The van der Waals surface area contributed by atoms with Crippen molar-refractivity contribution in [2.45, 2.75) is 6.54 Å². The first-order valence-electron chi connectivity index (χ1n) is 7.75. The highest BCUT2D eigenvalue weighted by Gasteiger charge is 2.22. The molecule has 0 atom stereocenters. The predicted molar refractivity (Wildman–Crippen MR) is 89.1 cm³/mol. The number of anilines is 1. The van der Waals surface area contributed by atoms with Gasteiger partial charge < -0.3 is 9.80 Å². The summed E-state index contributed by atoms with van der Waals surface area (Å²) in [5.41, 5.74) is -0.549. The van der Waals surface area contributed by atoms with Crippen molar-refractivity contribution in [3.63, 3.8) is 0 Å².